The first-order chi connectivity index (χ1) is 6.16. The summed E-state index contributed by atoms with van der Waals surface area (Å²) in [5.41, 5.74) is 0.289. The molecule has 1 aliphatic carbocycles. The third-order valence-electron chi connectivity index (χ3n) is 4.08. The largest absolute Gasteiger partial charge is 0.234 e. The standard InChI is InChI=1S/C11H19NO/c1-4-11(7-12-8-13)6-5-9(2)10(11)3/h9-10H,4-7H2,1-3H3. The van der Waals surface area contributed by atoms with Crippen molar-refractivity contribution < 1.29 is 4.79 Å². The number of hydrogen-bond donors (Lipinski definition) is 0. The van der Waals surface area contributed by atoms with E-state index in [4.69, 9.17) is 0 Å². The number of hydrogen-bond acceptors (Lipinski definition) is 2. The van der Waals surface area contributed by atoms with Gasteiger partial charge in [-0.3, -0.25) is 0 Å². The van der Waals surface area contributed by atoms with Gasteiger partial charge in [0.15, 0.2) is 0 Å². The van der Waals surface area contributed by atoms with Crippen molar-refractivity contribution in [3.8, 4) is 0 Å². The first kappa shape index (κ1) is 10.5. The van der Waals surface area contributed by atoms with Crippen LogP contribution in [0.15, 0.2) is 4.99 Å². The Hall–Kier alpha value is -0.620. The molecule has 0 N–H and O–H groups in total. The highest BCUT2D eigenvalue weighted by atomic mass is 16.1. The van der Waals surface area contributed by atoms with Crippen LogP contribution in [0.5, 0.6) is 0 Å². The zero-order valence-corrected chi connectivity index (χ0v) is 8.84. The van der Waals surface area contributed by atoms with Gasteiger partial charge >= 0.3 is 0 Å². The van der Waals surface area contributed by atoms with E-state index >= 15 is 0 Å². The summed E-state index contributed by atoms with van der Waals surface area (Å²) in [6.45, 7) is 7.47. The summed E-state index contributed by atoms with van der Waals surface area (Å²) in [7, 11) is 0. The Bertz CT molecular complexity index is 220. The lowest BCUT2D eigenvalue weighted by atomic mass is 9.75. The van der Waals surface area contributed by atoms with E-state index in [9.17, 15) is 4.79 Å². The third kappa shape index (κ3) is 1.83. The quantitative estimate of drug-likeness (QED) is 0.486. The fourth-order valence-corrected chi connectivity index (χ4v) is 2.62. The summed E-state index contributed by atoms with van der Waals surface area (Å²) in [5.74, 6) is 1.47. The Kier molecular flexibility index (Phi) is 3.27. The Balaban J connectivity index is 2.74. The Morgan fingerprint density at radius 2 is 2.23 bits per heavy atom. The smallest absolute Gasteiger partial charge is 0.211 e. The van der Waals surface area contributed by atoms with Gasteiger partial charge < -0.3 is 0 Å². The molecule has 0 spiro atoms. The van der Waals surface area contributed by atoms with Gasteiger partial charge in [0, 0.05) is 0 Å². The van der Waals surface area contributed by atoms with Crippen LogP contribution >= 0.6 is 0 Å². The molecule has 0 saturated heterocycles. The van der Waals surface area contributed by atoms with Crippen LogP contribution in [0.3, 0.4) is 0 Å². The highest BCUT2D eigenvalue weighted by Crippen LogP contribution is 2.48. The first-order valence-corrected chi connectivity index (χ1v) is 5.20. The molecule has 0 aromatic heterocycles. The van der Waals surface area contributed by atoms with Crippen LogP contribution in [0.2, 0.25) is 0 Å². The molecule has 3 atom stereocenters. The molecule has 0 bridgehead atoms. The average molecular weight is 181 g/mol. The Morgan fingerprint density at radius 3 is 2.62 bits per heavy atom. The second-order valence-electron chi connectivity index (χ2n) is 4.43. The predicted octanol–water partition coefficient (Wildman–Crippen LogP) is 2.78. The Morgan fingerprint density at radius 1 is 1.54 bits per heavy atom. The van der Waals surface area contributed by atoms with E-state index in [-0.39, 0.29) is 5.41 Å². The number of carbonyl (C=O) groups excluding carboxylic acids is 1. The maximum absolute atomic E-state index is 10.1. The van der Waals surface area contributed by atoms with Gasteiger partial charge in [-0.15, -0.1) is 0 Å². The molecule has 1 fully saturated rings. The van der Waals surface area contributed by atoms with Crippen LogP contribution in [-0.4, -0.2) is 12.6 Å². The summed E-state index contributed by atoms with van der Waals surface area (Å²) in [5, 5.41) is 0. The van der Waals surface area contributed by atoms with Crippen LogP contribution < -0.4 is 0 Å². The van der Waals surface area contributed by atoms with Crippen molar-refractivity contribution in [2.75, 3.05) is 6.54 Å². The zero-order chi connectivity index (χ0) is 9.90. The lowest BCUT2D eigenvalue weighted by Gasteiger charge is -2.31. The minimum absolute atomic E-state index is 0.289. The topological polar surface area (TPSA) is 29.4 Å². The summed E-state index contributed by atoms with van der Waals surface area (Å²) in [6, 6.07) is 0. The summed E-state index contributed by atoms with van der Waals surface area (Å²) in [6.07, 6.45) is 5.29. The van der Waals surface area contributed by atoms with E-state index in [1.54, 1.807) is 6.08 Å². The Labute approximate surface area is 80.4 Å². The highest BCUT2D eigenvalue weighted by Gasteiger charge is 2.42. The van der Waals surface area contributed by atoms with E-state index in [2.05, 4.69) is 25.8 Å². The van der Waals surface area contributed by atoms with Gasteiger partial charge in [0.2, 0.25) is 6.08 Å². The monoisotopic (exact) mass is 181 g/mol. The summed E-state index contributed by atoms with van der Waals surface area (Å²) >= 11 is 0. The molecule has 0 aromatic carbocycles. The molecule has 74 valence electrons. The van der Waals surface area contributed by atoms with E-state index < -0.39 is 0 Å². The SMILES string of the molecule is CCC1(CN=C=O)CCC(C)C1C. The van der Waals surface area contributed by atoms with Gasteiger partial charge in [-0.1, -0.05) is 20.8 Å². The summed E-state index contributed by atoms with van der Waals surface area (Å²) in [4.78, 5) is 13.9. The molecule has 0 heterocycles. The van der Waals surface area contributed by atoms with Crippen molar-refractivity contribution >= 4 is 6.08 Å². The molecule has 0 aliphatic heterocycles. The normalized spacial score (nSPS) is 38.7. The fourth-order valence-electron chi connectivity index (χ4n) is 2.62. The van der Waals surface area contributed by atoms with Crippen molar-refractivity contribution in [1.29, 1.82) is 0 Å². The molecule has 0 radical (unpaired) electrons. The molecular weight excluding hydrogens is 162 g/mol. The molecule has 0 amide bonds. The number of aliphatic imine (C=N–C) groups is 1. The number of isocyanates is 1. The highest BCUT2D eigenvalue weighted by molar-refractivity contribution is 5.33. The molecule has 1 aliphatic rings. The van der Waals surface area contributed by atoms with Gasteiger partial charge in [0.25, 0.3) is 0 Å². The van der Waals surface area contributed by atoms with Gasteiger partial charge in [0.05, 0.1) is 6.54 Å². The van der Waals surface area contributed by atoms with E-state index in [0.717, 1.165) is 12.3 Å². The third-order valence-corrected chi connectivity index (χ3v) is 4.08. The van der Waals surface area contributed by atoms with Crippen LogP contribution in [0.4, 0.5) is 0 Å². The van der Waals surface area contributed by atoms with E-state index in [0.29, 0.717) is 12.5 Å². The van der Waals surface area contributed by atoms with Crippen LogP contribution in [-0.2, 0) is 4.79 Å². The molecule has 2 nitrogen and oxygen atoms in total. The minimum Gasteiger partial charge on any atom is -0.211 e. The molecule has 0 aromatic rings. The molecule has 1 saturated carbocycles. The van der Waals surface area contributed by atoms with Gasteiger partial charge in [-0.25, -0.2) is 9.79 Å². The summed E-state index contributed by atoms with van der Waals surface area (Å²) < 4.78 is 0. The molecular formula is C11H19NO. The van der Waals surface area contributed by atoms with Crippen molar-refractivity contribution in [2.24, 2.45) is 22.2 Å². The number of rotatable bonds is 3. The maximum Gasteiger partial charge on any atom is 0.234 e. The van der Waals surface area contributed by atoms with Gasteiger partial charge in [-0.2, -0.15) is 0 Å². The zero-order valence-electron chi connectivity index (χ0n) is 8.84. The van der Waals surface area contributed by atoms with E-state index in [1.165, 1.54) is 12.8 Å². The molecule has 13 heavy (non-hydrogen) atoms. The average Bonchev–Trinajstić information content (AvgIpc) is 2.43. The second-order valence-corrected chi connectivity index (χ2v) is 4.43. The van der Waals surface area contributed by atoms with Crippen LogP contribution in [0, 0.1) is 17.3 Å². The second kappa shape index (κ2) is 4.06. The lowest BCUT2D eigenvalue weighted by molar-refractivity contribution is 0.193. The molecule has 2 heteroatoms. The van der Waals surface area contributed by atoms with Crippen molar-refractivity contribution in [2.45, 2.75) is 40.0 Å². The first-order valence-electron chi connectivity index (χ1n) is 5.20. The lowest BCUT2D eigenvalue weighted by Crippen LogP contribution is -2.28. The molecule has 3 unspecified atom stereocenters. The number of nitrogens with zero attached hydrogens (tertiary/aromatic N) is 1. The van der Waals surface area contributed by atoms with E-state index in [1.807, 2.05) is 0 Å². The van der Waals surface area contributed by atoms with Crippen molar-refractivity contribution in [3.63, 3.8) is 0 Å². The van der Waals surface area contributed by atoms with Crippen LogP contribution in [0.25, 0.3) is 0 Å². The fraction of sp³-hybridized carbons (Fsp3) is 0.909. The predicted molar refractivity (Wildman–Crippen MR) is 53.3 cm³/mol. The van der Waals surface area contributed by atoms with Gasteiger partial charge in [0.1, 0.15) is 0 Å². The van der Waals surface area contributed by atoms with Crippen LogP contribution in [0.1, 0.15) is 40.0 Å². The minimum atomic E-state index is 0.289. The molecule has 1 rings (SSSR count). The van der Waals surface area contributed by atoms with Crippen molar-refractivity contribution in [1.82, 2.24) is 0 Å². The van der Waals surface area contributed by atoms with Crippen molar-refractivity contribution in [3.05, 3.63) is 0 Å². The van der Waals surface area contributed by atoms with Gasteiger partial charge in [-0.05, 0) is 36.5 Å². The maximum atomic E-state index is 10.1.